The van der Waals surface area contributed by atoms with Gasteiger partial charge in [-0.1, -0.05) is 30.3 Å². The maximum Gasteiger partial charge on any atom is 0.340 e. The van der Waals surface area contributed by atoms with Gasteiger partial charge in [0.1, 0.15) is 17.0 Å². The molecule has 0 fully saturated rings. The number of hydrogen-bond acceptors (Lipinski definition) is 6. The molecule has 0 bridgehead atoms. The molecule has 1 aromatic carbocycles. The number of fused-ring (bicyclic) bond motifs is 1. The van der Waals surface area contributed by atoms with E-state index in [1.54, 1.807) is 11.3 Å². The van der Waals surface area contributed by atoms with Crippen molar-refractivity contribution in [3.05, 3.63) is 59.0 Å². The lowest BCUT2D eigenvalue weighted by molar-refractivity contribution is 0.791. The van der Waals surface area contributed by atoms with Crippen molar-refractivity contribution < 1.29 is 0 Å². The van der Waals surface area contributed by atoms with Crippen LogP contribution < -0.4 is 11.0 Å². The van der Waals surface area contributed by atoms with Crippen LogP contribution in [0, 0.1) is 0 Å². The number of aromatic amines is 2. The van der Waals surface area contributed by atoms with Gasteiger partial charge in [-0.25, -0.2) is 19.9 Å². The molecule has 0 aliphatic heterocycles. The van der Waals surface area contributed by atoms with Crippen LogP contribution in [-0.2, 0) is 0 Å². The van der Waals surface area contributed by atoms with E-state index in [9.17, 15) is 4.79 Å². The van der Waals surface area contributed by atoms with Crippen LogP contribution in [0.1, 0.15) is 18.8 Å². The highest BCUT2D eigenvalue weighted by Gasteiger charge is 2.14. The van der Waals surface area contributed by atoms with E-state index >= 15 is 0 Å². The van der Waals surface area contributed by atoms with Gasteiger partial charge in [-0.2, -0.15) is 5.10 Å². The number of thiophene rings is 1. The van der Waals surface area contributed by atoms with Crippen LogP contribution >= 0.6 is 11.3 Å². The number of aromatic nitrogens is 5. The zero-order chi connectivity index (χ0) is 16.5. The third-order valence-electron chi connectivity index (χ3n) is 3.67. The van der Waals surface area contributed by atoms with E-state index in [1.807, 2.05) is 25.1 Å². The highest BCUT2D eigenvalue weighted by molar-refractivity contribution is 7.21. The summed E-state index contributed by atoms with van der Waals surface area (Å²) in [6.07, 6.45) is 1.54. The molecule has 3 aromatic heterocycles. The Bertz CT molecular complexity index is 1040. The second-order valence-electron chi connectivity index (χ2n) is 5.35. The Hall–Kier alpha value is -3.00. The van der Waals surface area contributed by atoms with E-state index in [-0.39, 0.29) is 11.7 Å². The molecular weight excluding hydrogens is 324 g/mol. The van der Waals surface area contributed by atoms with Gasteiger partial charge in [0.05, 0.1) is 11.4 Å². The summed E-state index contributed by atoms with van der Waals surface area (Å²) in [6, 6.07) is 12.1. The van der Waals surface area contributed by atoms with E-state index in [4.69, 9.17) is 0 Å². The minimum Gasteiger partial charge on any atom is -0.360 e. The third-order valence-corrected chi connectivity index (χ3v) is 4.76. The normalized spacial score (nSPS) is 12.4. The van der Waals surface area contributed by atoms with Gasteiger partial charge >= 0.3 is 5.69 Å². The van der Waals surface area contributed by atoms with Crippen molar-refractivity contribution in [3.63, 3.8) is 0 Å². The molecule has 0 radical (unpaired) electrons. The van der Waals surface area contributed by atoms with Gasteiger partial charge in [-0.15, -0.1) is 11.3 Å². The fraction of sp³-hybridized carbons (Fsp3) is 0.125. The average molecular weight is 338 g/mol. The second-order valence-corrected chi connectivity index (χ2v) is 6.38. The zero-order valence-electron chi connectivity index (χ0n) is 12.8. The van der Waals surface area contributed by atoms with Gasteiger partial charge in [0.2, 0.25) is 0 Å². The van der Waals surface area contributed by atoms with Crippen LogP contribution in [0.15, 0.2) is 47.5 Å². The number of nitrogens with one attached hydrogen (secondary N) is 3. The van der Waals surface area contributed by atoms with Gasteiger partial charge in [-0.3, -0.25) is 4.98 Å². The third kappa shape index (κ3) is 2.67. The van der Waals surface area contributed by atoms with Gasteiger partial charge in [0.25, 0.3) is 0 Å². The summed E-state index contributed by atoms with van der Waals surface area (Å²) < 4.78 is 0. The van der Waals surface area contributed by atoms with E-state index < -0.39 is 0 Å². The van der Waals surface area contributed by atoms with Crippen LogP contribution in [0.5, 0.6) is 0 Å². The molecule has 1 atom stereocenters. The van der Waals surface area contributed by atoms with Crippen molar-refractivity contribution in [1.29, 1.82) is 0 Å². The quantitative estimate of drug-likeness (QED) is 0.531. The standard InChI is InChI=1S/C16H14N6OS/c1-9(13-20-16(23)22-21-13)19-14-11-7-12(10-5-3-2-4-6-10)24-15(11)18-8-17-14/h2-9H,1H3,(H,17,18,19)(H2,20,21,22,23)/t9-/m0/s1. The van der Waals surface area contributed by atoms with Crippen molar-refractivity contribution in [1.82, 2.24) is 25.1 Å². The van der Waals surface area contributed by atoms with Gasteiger partial charge in [0.15, 0.2) is 5.82 Å². The van der Waals surface area contributed by atoms with Crippen molar-refractivity contribution in [2.45, 2.75) is 13.0 Å². The van der Waals surface area contributed by atoms with Crippen LogP contribution in [0.4, 0.5) is 5.82 Å². The minimum absolute atomic E-state index is 0.192. The highest BCUT2D eigenvalue weighted by atomic mass is 32.1. The largest absolute Gasteiger partial charge is 0.360 e. The first-order valence-corrected chi connectivity index (χ1v) is 8.23. The monoisotopic (exact) mass is 338 g/mol. The van der Waals surface area contributed by atoms with E-state index in [2.05, 4.69) is 48.7 Å². The number of H-pyrrole nitrogens is 2. The van der Waals surface area contributed by atoms with E-state index in [0.29, 0.717) is 5.82 Å². The molecule has 0 saturated carbocycles. The first-order chi connectivity index (χ1) is 11.7. The van der Waals surface area contributed by atoms with Crippen molar-refractivity contribution in [2.24, 2.45) is 0 Å². The smallest absolute Gasteiger partial charge is 0.340 e. The SMILES string of the molecule is C[C@H](Nc1ncnc2sc(-c3ccccc3)cc12)c1n[nH]c(=O)[nH]1. The molecule has 7 nitrogen and oxygen atoms in total. The average Bonchev–Trinajstić information content (AvgIpc) is 3.22. The summed E-state index contributed by atoms with van der Waals surface area (Å²) >= 11 is 1.62. The number of hydrogen-bond donors (Lipinski definition) is 3. The van der Waals surface area contributed by atoms with Crippen LogP contribution in [-0.4, -0.2) is 25.1 Å². The topological polar surface area (TPSA) is 99.3 Å². The zero-order valence-corrected chi connectivity index (χ0v) is 13.6. The van der Waals surface area contributed by atoms with Crippen molar-refractivity contribution in [3.8, 4) is 10.4 Å². The molecule has 0 spiro atoms. The Kier molecular flexibility index (Phi) is 3.58. The predicted octanol–water partition coefficient (Wildman–Crippen LogP) is 2.94. The first kappa shape index (κ1) is 14.6. The molecule has 3 N–H and O–H groups in total. The summed E-state index contributed by atoms with van der Waals surface area (Å²) in [5.74, 6) is 1.25. The Morgan fingerprint density at radius 3 is 2.79 bits per heavy atom. The second kappa shape index (κ2) is 5.89. The summed E-state index contributed by atoms with van der Waals surface area (Å²) in [4.78, 5) is 24.6. The first-order valence-electron chi connectivity index (χ1n) is 7.42. The molecule has 0 saturated heterocycles. The molecule has 0 unspecified atom stereocenters. The van der Waals surface area contributed by atoms with Crippen molar-refractivity contribution in [2.75, 3.05) is 5.32 Å². The summed E-state index contributed by atoms with van der Waals surface area (Å²) in [7, 11) is 0. The predicted molar refractivity (Wildman–Crippen MR) is 94.1 cm³/mol. The molecule has 3 heterocycles. The lowest BCUT2D eigenvalue weighted by Gasteiger charge is -2.11. The molecule has 8 heteroatoms. The fourth-order valence-electron chi connectivity index (χ4n) is 2.48. The molecule has 0 aliphatic carbocycles. The lowest BCUT2D eigenvalue weighted by Crippen LogP contribution is -2.11. The lowest BCUT2D eigenvalue weighted by atomic mass is 10.2. The highest BCUT2D eigenvalue weighted by Crippen LogP contribution is 2.35. The Labute approximate surface area is 140 Å². The van der Waals surface area contributed by atoms with Gasteiger partial charge < -0.3 is 5.32 Å². The maximum absolute atomic E-state index is 11.2. The van der Waals surface area contributed by atoms with E-state index in [1.165, 1.54) is 6.33 Å². The Balaban J connectivity index is 1.71. The number of anilines is 1. The van der Waals surface area contributed by atoms with E-state index in [0.717, 1.165) is 26.5 Å². The molecule has 0 aliphatic rings. The molecular formula is C16H14N6OS. The molecule has 4 rings (SSSR count). The van der Waals surface area contributed by atoms with Crippen LogP contribution in [0.3, 0.4) is 0 Å². The molecule has 24 heavy (non-hydrogen) atoms. The summed E-state index contributed by atoms with van der Waals surface area (Å²) in [6.45, 7) is 1.91. The fourth-order valence-corrected chi connectivity index (χ4v) is 3.48. The van der Waals surface area contributed by atoms with Crippen molar-refractivity contribution >= 4 is 27.4 Å². The van der Waals surface area contributed by atoms with Crippen LogP contribution in [0.2, 0.25) is 0 Å². The Morgan fingerprint density at radius 1 is 1.21 bits per heavy atom. The van der Waals surface area contributed by atoms with Gasteiger partial charge in [-0.05, 0) is 18.6 Å². The molecule has 4 aromatic rings. The number of benzene rings is 1. The molecule has 120 valence electrons. The minimum atomic E-state index is -0.326. The maximum atomic E-state index is 11.2. The van der Waals surface area contributed by atoms with Crippen LogP contribution in [0.25, 0.3) is 20.7 Å². The summed E-state index contributed by atoms with van der Waals surface area (Å²) in [5.41, 5.74) is 0.824. The Morgan fingerprint density at radius 2 is 2.04 bits per heavy atom. The van der Waals surface area contributed by atoms with Gasteiger partial charge in [0, 0.05) is 4.88 Å². The summed E-state index contributed by atoms with van der Waals surface area (Å²) in [5, 5.41) is 10.5. The molecule has 0 amide bonds. The number of nitrogens with zero attached hydrogens (tertiary/aromatic N) is 3. The number of rotatable bonds is 4.